The largest absolute Gasteiger partial charge is 0.311 e. The molecule has 2 unspecified atom stereocenters. The van der Waals surface area contributed by atoms with Gasteiger partial charge in [-0.2, -0.15) is 5.10 Å². The maximum Gasteiger partial charge on any atom is 0.0522 e. The van der Waals surface area contributed by atoms with Gasteiger partial charge in [-0.25, -0.2) is 0 Å². The zero-order chi connectivity index (χ0) is 14.5. The maximum absolute atomic E-state index is 4.26. The predicted molar refractivity (Wildman–Crippen MR) is 83.8 cm³/mol. The van der Waals surface area contributed by atoms with Crippen LogP contribution in [0.15, 0.2) is 12.4 Å². The number of aromatic nitrogens is 2. The summed E-state index contributed by atoms with van der Waals surface area (Å²) in [6.45, 7) is 10.4. The molecule has 0 radical (unpaired) electrons. The molecule has 0 saturated carbocycles. The van der Waals surface area contributed by atoms with Crippen LogP contribution in [-0.4, -0.2) is 46.4 Å². The summed E-state index contributed by atoms with van der Waals surface area (Å²) in [5, 5.41) is 7.99. The van der Waals surface area contributed by atoms with Crippen LogP contribution in [0.25, 0.3) is 0 Å². The van der Waals surface area contributed by atoms with Gasteiger partial charge >= 0.3 is 0 Å². The van der Waals surface area contributed by atoms with Gasteiger partial charge in [0.25, 0.3) is 0 Å². The molecule has 0 bridgehead atoms. The Morgan fingerprint density at radius 2 is 2.25 bits per heavy atom. The Balaban J connectivity index is 1.88. The molecule has 114 valence electrons. The van der Waals surface area contributed by atoms with E-state index in [9.17, 15) is 0 Å². The number of nitrogens with one attached hydrogen (secondary N) is 1. The summed E-state index contributed by atoms with van der Waals surface area (Å²) in [6.07, 6.45) is 7.75. The van der Waals surface area contributed by atoms with Crippen molar-refractivity contribution in [2.45, 2.75) is 52.1 Å². The molecule has 1 fully saturated rings. The highest BCUT2D eigenvalue weighted by molar-refractivity contribution is 5.04. The molecular formula is C16H30N4. The Kier molecular flexibility index (Phi) is 5.61. The lowest BCUT2D eigenvalue weighted by Crippen LogP contribution is -2.56. The van der Waals surface area contributed by atoms with E-state index in [4.69, 9.17) is 0 Å². The Hall–Kier alpha value is -0.870. The third-order valence-corrected chi connectivity index (χ3v) is 4.29. The minimum Gasteiger partial charge on any atom is -0.311 e. The lowest BCUT2D eigenvalue weighted by Gasteiger charge is -2.40. The number of nitrogens with zero attached hydrogens (tertiary/aromatic N) is 3. The molecule has 0 aromatic carbocycles. The van der Waals surface area contributed by atoms with Crippen molar-refractivity contribution >= 4 is 0 Å². The zero-order valence-electron chi connectivity index (χ0n) is 13.5. The van der Waals surface area contributed by atoms with E-state index in [0.717, 1.165) is 25.4 Å². The smallest absolute Gasteiger partial charge is 0.0522 e. The van der Waals surface area contributed by atoms with Gasteiger partial charge in [0.2, 0.25) is 0 Å². The molecule has 1 aromatic heterocycles. The van der Waals surface area contributed by atoms with Gasteiger partial charge in [0.05, 0.1) is 6.20 Å². The second-order valence-electron chi connectivity index (χ2n) is 6.56. The maximum atomic E-state index is 4.26. The van der Waals surface area contributed by atoms with Gasteiger partial charge in [-0.15, -0.1) is 0 Å². The highest BCUT2D eigenvalue weighted by Gasteiger charge is 2.26. The highest BCUT2D eigenvalue weighted by atomic mass is 15.2. The van der Waals surface area contributed by atoms with Crippen molar-refractivity contribution < 1.29 is 0 Å². The van der Waals surface area contributed by atoms with E-state index < -0.39 is 0 Å². The monoisotopic (exact) mass is 278 g/mol. The molecule has 0 spiro atoms. The number of piperazine rings is 1. The lowest BCUT2D eigenvalue weighted by atomic mass is 9.98. The lowest BCUT2D eigenvalue weighted by molar-refractivity contribution is 0.120. The molecule has 0 amide bonds. The second kappa shape index (κ2) is 7.23. The number of aryl methyl sites for hydroxylation is 1. The fourth-order valence-electron chi connectivity index (χ4n) is 3.21. The number of rotatable bonds is 6. The number of hydrogen-bond donors (Lipinski definition) is 1. The van der Waals surface area contributed by atoms with Crippen molar-refractivity contribution in [3.05, 3.63) is 18.0 Å². The molecule has 4 nitrogen and oxygen atoms in total. The van der Waals surface area contributed by atoms with E-state index >= 15 is 0 Å². The first-order valence-corrected chi connectivity index (χ1v) is 8.03. The van der Waals surface area contributed by atoms with Gasteiger partial charge in [0.15, 0.2) is 0 Å². The molecule has 1 saturated heterocycles. The average molecular weight is 278 g/mol. The fraction of sp³-hybridized carbons (Fsp3) is 0.812. The summed E-state index contributed by atoms with van der Waals surface area (Å²) >= 11 is 0. The van der Waals surface area contributed by atoms with Crippen LogP contribution in [0.5, 0.6) is 0 Å². The van der Waals surface area contributed by atoms with Crippen molar-refractivity contribution in [1.29, 1.82) is 0 Å². The summed E-state index contributed by atoms with van der Waals surface area (Å²) in [7, 11) is 1.99. The average Bonchev–Trinajstić information content (AvgIpc) is 2.82. The first-order chi connectivity index (χ1) is 9.58. The molecular weight excluding hydrogens is 248 g/mol. The van der Waals surface area contributed by atoms with Crippen molar-refractivity contribution in [1.82, 2.24) is 20.0 Å². The molecule has 0 aliphatic carbocycles. The van der Waals surface area contributed by atoms with Gasteiger partial charge in [0, 0.05) is 45.0 Å². The van der Waals surface area contributed by atoms with E-state index in [0.29, 0.717) is 12.1 Å². The fourth-order valence-corrected chi connectivity index (χ4v) is 3.21. The van der Waals surface area contributed by atoms with E-state index in [-0.39, 0.29) is 0 Å². The highest BCUT2D eigenvalue weighted by Crippen LogP contribution is 2.16. The predicted octanol–water partition coefficient (Wildman–Crippen LogP) is 2.06. The minimum atomic E-state index is 0.659. The summed E-state index contributed by atoms with van der Waals surface area (Å²) in [5.41, 5.74) is 1.35. The zero-order valence-corrected chi connectivity index (χ0v) is 13.5. The normalized spacial score (nSPS) is 24.4. The Morgan fingerprint density at radius 3 is 2.85 bits per heavy atom. The van der Waals surface area contributed by atoms with Crippen molar-refractivity contribution in [3.63, 3.8) is 0 Å². The first-order valence-electron chi connectivity index (χ1n) is 8.03. The SMILES string of the molecule is CCC1CNC(CC(C)C)CN1CCc1cnn(C)c1. The van der Waals surface area contributed by atoms with E-state index in [2.05, 4.69) is 42.3 Å². The molecule has 1 aliphatic rings. The van der Waals surface area contributed by atoms with Crippen LogP contribution in [0.1, 0.15) is 39.2 Å². The molecule has 1 aliphatic heterocycles. The van der Waals surface area contributed by atoms with Crippen LogP contribution in [0.2, 0.25) is 0 Å². The van der Waals surface area contributed by atoms with Crippen molar-refractivity contribution in [3.8, 4) is 0 Å². The van der Waals surface area contributed by atoms with Gasteiger partial charge in [-0.1, -0.05) is 20.8 Å². The summed E-state index contributed by atoms with van der Waals surface area (Å²) in [5.74, 6) is 0.769. The number of hydrogen-bond acceptors (Lipinski definition) is 3. The van der Waals surface area contributed by atoms with Crippen LogP contribution < -0.4 is 5.32 Å². The molecule has 2 rings (SSSR count). The molecule has 2 heterocycles. The van der Waals surface area contributed by atoms with Crippen LogP contribution in [0, 0.1) is 5.92 Å². The van der Waals surface area contributed by atoms with Gasteiger partial charge in [0.1, 0.15) is 0 Å². The standard InChI is InChI=1S/C16H30N4/c1-5-16-10-17-15(8-13(2)3)12-20(16)7-6-14-9-18-19(4)11-14/h9,11,13,15-17H,5-8,10,12H2,1-4H3. The molecule has 1 aromatic rings. The summed E-state index contributed by atoms with van der Waals surface area (Å²) in [4.78, 5) is 2.68. The van der Waals surface area contributed by atoms with Crippen molar-refractivity contribution in [2.75, 3.05) is 19.6 Å². The molecule has 4 heteroatoms. The third-order valence-electron chi connectivity index (χ3n) is 4.29. The van der Waals surface area contributed by atoms with E-state index in [1.54, 1.807) is 0 Å². The van der Waals surface area contributed by atoms with Crippen LogP contribution >= 0.6 is 0 Å². The molecule has 20 heavy (non-hydrogen) atoms. The molecule has 1 N–H and O–H groups in total. The van der Waals surface area contributed by atoms with Gasteiger partial charge < -0.3 is 5.32 Å². The first kappa shape index (κ1) is 15.5. The topological polar surface area (TPSA) is 33.1 Å². The Labute approximate surface area is 123 Å². The van der Waals surface area contributed by atoms with Gasteiger partial charge in [-0.05, 0) is 30.7 Å². The second-order valence-corrected chi connectivity index (χ2v) is 6.56. The summed E-state index contributed by atoms with van der Waals surface area (Å²) < 4.78 is 1.89. The Morgan fingerprint density at radius 1 is 1.45 bits per heavy atom. The van der Waals surface area contributed by atoms with E-state index in [1.807, 2.05) is 17.9 Å². The quantitative estimate of drug-likeness (QED) is 0.864. The minimum absolute atomic E-state index is 0.659. The molecule has 2 atom stereocenters. The van der Waals surface area contributed by atoms with Crippen LogP contribution in [0.4, 0.5) is 0 Å². The van der Waals surface area contributed by atoms with Crippen LogP contribution in [0.3, 0.4) is 0 Å². The third kappa shape index (κ3) is 4.32. The summed E-state index contributed by atoms with van der Waals surface area (Å²) in [6, 6.07) is 1.35. The van der Waals surface area contributed by atoms with Crippen LogP contribution in [-0.2, 0) is 13.5 Å². The van der Waals surface area contributed by atoms with E-state index in [1.165, 1.54) is 24.9 Å². The van der Waals surface area contributed by atoms with Gasteiger partial charge in [-0.3, -0.25) is 9.58 Å². The van der Waals surface area contributed by atoms with Crippen molar-refractivity contribution in [2.24, 2.45) is 13.0 Å². The Bertz CT molecular complexity index is 399.